The summed E-state index contributed by atoms with van der Waals surface area (Å²) < 4.78 is 27.7. The molecule has 1 atom stereocenters. The lowest BCUT2D eigenvalue weighted by atomic mass is 10.1. The summed E-state index contributed by atoms with van der Waals surface area (Å²) in [6.45, 7) is 5.11. The molecule has 0 aromatic heterocycles. The van der Waals surface area contributed by atoms with E-state index in [9.17, 15) is 8.42 Å². The Kier molecular flexibility index (Phi) is 5.65. The number of anilines is 1. The summed E-state index contributed by atoms with van der Waals surface area (Å²) in [7, 11) is -3.27. The van der Waals surface area contributed by atoms with Gasteiger partial charge >= 0.3 is 0 Å². The van der Waals surface area contributed by atoms with Crippen molar-refractivity contribution in [3.05, 3.63) is 29.8 Å². The van der Waals surface area contributed by atoms with Gasteiger partial charge in [0, 0.05) is 6.04 Å². The van der Waals surface area contributed by atoms with Gasteiger partial charge in [-0.1, -0.05) is 38.0 Å². The Bertz CT molecular complexity index is 551. The Morgan fingerprint density at radius 2 is 1.90 bits per heavy atom. The van der Waals surface area contributed by atoms with E-state index in [1.807, 2.05) is 24.3 Å². The van der Waals surface area contributed by atoms with E-state index >= 15 is 0 Å². The van der Waals surface area contributed by atoms with Gasteiger partial charge in [-0.15, -0.1) is 0 Å². The minimum Gasteiger partial charge on any atom is -0.310 e. The molecule has 1 fully saturated rings. The largest absolute Gasteiger partial charge is 0.310 e. The number of para-hydroxylation sites is 1. The molecule has 0 spiro atoms. The molecule has 1 saturated carbocycles. The second kappa shape index (κ2) is 7.27. The molecular weight excluding hydrogens is 284 g/mol. The van der Waals surface area contributed by atoms with Crippen molar-refractivity contribution in [1.29, 1.82) is 0 Å². The van der Waals surface area contributed by atoms with Crippen molar-refractivity contribution < 1.29 is 8.42 Å². The van der Waals surface area contributed by atoms with Crippen LogP contribution in [-0.4, -0.2) is 20.2 Å². The van der Waals surface area contributed by atoms with Crippen LogP contribution in [0, 0.1) is 0 Å². The number of benzene rings is 1. The zero-order valence-electron chi connectivity index (χ0n) is 12.9. The molecule has 1 aliphatic rings. The molecule has 2 rings (SSSR count). The fourth-order valence-corrected chi connectivity index (χ4v) is 4.49. The van der Waals surface area contributed by atoms with Gasteiger partial charge < -0.3 is 5.32 Å². The first-order valence-electron chi connectivity index (χ1n) is 7.88. The van der Waals surface area contributed by atoms with Gasteiger partial charge in [-0.2, -0.15) is 0 Å². The lowest BCUT2D eigenvalue weighted by molar-refractivity contribution is 0.570. The molecule has 1 unspecified atom stereocenters. The van der Waals surface area contributed by atoms with Crippen molar-refractivity contribution in [3.8, 4) is 0 Å². The molecule has 2 N–H and O–H groups in total. The van der Waals surface area contributed by atoms with E-state index in [1.54, 1.807) is 0 Å². The van der Waals surface area contributed by atoms with Crippen LogP contribution in [0.4, 0.5) is 5.69 Å². The maximum Gasteiger partial charge on any atom is 0.235 e. The summed E-state index contributed by atoms with van der Waals surface area (Å²) in [5.41, 5.74) is 1.72. The average molecular weight is 310 g/mol. The predicted molar refractivity (Wildman–Crippen MR) is 87.9 cm³/mol. The quantitative estimate of drug-likeness (QED) is 0.811. The highest BCUT2D eigenvalue weighted by Crippen LogP contribution is 2.29. The fraction of sp³-hybridized carbons (Fsp3) is 0.625. The Morgan fingerprint density at radius 3 is 2.57 bits per heavy atom. The Labute approximate surface area is 128 Å². The number of hydrogen-bond acceptors (Lipinski definition) is 3. The van der Waals surface area contributed by atoms with Gasteiger partial charge in [-0.05, 0) is 44.4 Å². The molecule has 1 aliphatic carbocycles. The first kappa shape index (κ1) is 16.3. The monoisotopic (exact) mass is 310 g/mol. The summed E-state index contributed by atoms with van der Waals surface area (Å²) in [6.07, 6.45) is 4.64. The molecule has 0 amide bonds. The van der Waals surface area contributed by atoms with E-state index in [1.165, 1.54) is 0 Å². The van der Waals surface area contributed by atoms with E-state index in [0.29, 0.717) is 5.69 Å². The Balaban J connectivity index is 2.16. The topological polar surface area (TPSA) is 58.2 Å². The Hall–Kier alpha value is -1.07. The first-order chi connectivity index (χ1) is 10.0. The van der Waals surface area contributed by atoms with Crippen LogP contribution in [0.2, 0.25) is 0 Å². The molecule has 1 aromatic rings. The third kappa shape index (κ3) is 4.20. The second-order valence-electron chi connectivity index (χ2n) is 5.82. The summed E-state index contributed by atoms with van der Waals surface area (Å²) in [5.74, 6) is 0. The molecule has 0 heterocycles. The van der Waals surface area contributed by atoms with Crippen LogP contribution >= 0.6 is 0 Å². The minimum atomic E-state index is -3.27. The van der Waals surface area contributed by atoms with Crippen LogP contribution in [0.3, 0.4) is 0 Å². The van der Waals surface area contributed by atoms with Crippen LogP contribution in [0.25, 0.3) is 0 Å². The van der Waals surface area contributed by atoms with Crippen LogP contribution in [0.5, 0.6) is 0 Å². The van der Waals surface area contributed by atoms with Gasteiger partial charge in [0.1, 0.15) is 0 Å². The Morgan fingerprint density at radius 1 is 1.24 bits per heavy atom. The minimum absolute atomic E-state index is 0.132. The van der Waals surface area contributed by atoms with Gasteiger partial charge in [0.25, 0.3) is 0 Å². The van der Waals surface area contributed by atoms with E-state index in [2.05, 4.69) is 23.9 Å². The number of sulfonamides is 1. The lowest BCUT2D eigenvalue weighted by Crippen LogP contribution is -2.27. The molecule has 0 bridgehead atoms. The first-order valence-corrected chi connectivity index (χ1v) is 9.43. The second-order valence-corrected chi connectivity index (χ2v) is 7.78. The smallest absolute Gasteiger partial charge is 0.235 e. The normalized spacial score (nSPS) is 17.8. The maximum absolute atomic E-state index is 12.5. The lowest BCUT2D eigenvalue weighted by Gasteiger charge is -2.20. The van der Waals surface area contributed by atoms with Crippen molar-refractivity contribution in [2.24, 2.45) is 0 Å². The van der Waals surface area contributed by atoms with E-state index in [-0.39, 0.29) is 11.3 Å². The molecule has 21 heavy (non-hydrogen) atoms. The van der Waals surface area contributed by atoms with Gasteiger partial charge in [-0.25, -0.2) is 8.42 Å². The van der Waals surface area contributed by atoms with Gasteiger partial charge in [0.2, 0.25) is 10.0 Å². The number of nitrogens with one attached hydrogen (secondary N) is 2. The standard InChI is InChI=1S/C16H26N2O2S/c1-3-12-17-13(2)15-10-6-7-11-16(15)18-21(19,20)14-8-4-5-9-14/h6-7,10-11,13-14,17-18H,3-5,8-9,12H2,1-2H3. The van der Waals surface area contributed by atoms with E-state index in [0.717, 1.165) is 44.2 Å². The highest BCUT2D eigenvalue weighted by Gasteiger charge is 2.29. The summed E-state index contributed by atoms with van der Waals surface area (Å²) in [4.78, 5) is 0. The number of hydrogen-bond donors (Lipinski definition) is 2. The van der Waals surface area contributed by atoms with Crippen molar-refractivity contribution in [2.45, 2.75) is 57.2 Å². The highest BCUT2D eigenvalue weighted by molar-refractivity contribution is 7.93. The summed E-state index contributed by atoms with van der Waals surface area (Å²) in [5, 5.41) is 3.18. The highest BCUT2D eigenvalue weighted by atomic mass is 32.2. The number of rotatable bonds is 7. The van der Waals surface area contributed by atoms with Crippen molar-refractivity contribution in [1.82, 2.24) is 5.32 Å². The summed E-state index contributed by atoms with van der Waals surface area (Å²) in [6, 6.07) is 7.80. The third-order valence-electron chi connectivity index (χ3n) is 4.12. The molecule has 1 aromatic carbocycles. The molecule has 5 heteroatoms. The van der Waals surface area contributed by atoms with Gasteiger partial charge in [0.15, 0.2) is 0 Å². The molecular formula is C16H26N2O2S. The molecule has 0 saturated heterocycles. The van der Waals surface area contributed by atoms with Crippen LogP contribution < -0.4 is 10.0 Å². The van der Waals surface area contributed by atoms with Crippen molar-refractivity contribution in [2.75, 3.05) is 11.3 Å². The van der Waals surface area contributed by atoms with Gasteiger partial charge in [-0.3, -0.25) is 4.72 Å². The van der Waals surface area contributed by atoms with E-state index < -0.39 is 10.0 Å². The van der Waals surface area contributed by atoms with Crippen molar-refractivity contribution in [3.63, 3.8) is 0 Å². The van der Waals surface area contributed by atoms with Crippen LogP contribution in [0.15, 0.2) is 24.3 Å². The fourth-order valence-electron chi connectivity index (χ4n) is 2.87. The summed E-state index contributed by atoms with van der Waals surface area (Å²) >= 11 is 0. The zero-order chi connectivity index (χ0) is 15.3. The van der Waals surface area contributed by atoms with Crippen LogP contribution in [-0.2, 0) is 10.0 Å². The van der Waals surface area contributed by atoms with Gasteiger partial charge in [0.05, 0.1) is 10.9 Å². The average Bonchev–Trinajstić information content (AvgIpc) is 3.00. The molecule has 0 aliphatic heterocycles. The zero-order valence-corrected chi connectivity index (χ0v) is 13.7. The van der Waals surface area contributed by atoms with Crippen LogP contribution in [0.1, 0.15) is 57.6 Å². The molecule has 4 nitrogen and oxygen atoms in total. The SMILES string of the molecule is CCCNC(C)c1ccccc1NS(=O)(=O)C1CCCC1. The molecule has 118 valence electrons. The third-order valence-corrected chi connectivity index (χ3v) is 5.97. The van der Waals surface area contributed by atoms with Crippen molar-refractivity contribution >= 4 is 15.7 Å². The van der Waals surface area contributed by atoms with E-state index in [4.69, 9.17) is 0 Å². The molecule has 0 radical (unpaired) electrons. The predicted octanol–water partition coefficient (Wildman–Crippen LogP) is 3.43. The maximum atomic E-state index is 12.5.